The largest absolute Gasteiger partial charge is 0.478 e. The first-order valence-corrected chi connectivity index (χ1v) is 7.87. The maximum Gasteiger partial charge on any atom is 0.421 e. The number of nitrogens with one attached hydrogen (secondary N) is 1. The fourth-order valence-electron chi connectivity index (χ4n) is 1.26. The number of carboxylic acids is 1. The molecule has 21 heavy (non-hydrogen) atoms. The third-order valence-electron chi connectivity index (χ3n) is 2.28. The molecule has 2 N–H and O–H groups in total. The minimum absolute atomic E-state index is 0.0396. The van der Waals surface area contributed by atoms with Gasteiger partial charge in [-0.3, -0.25) is 0 Å². The highest BCUT2D eigenvalue weighted by molar-refractivity contribution is 7.87. The molecule has 8 nitrogen and oxygen atoms in total. The topological polar surface area (TPSA) is 113 Å². The third-order valence-corrected chi connectivity index (χ3v) is 4.59. The molecule has 0 aliphatic heterocycles. The van der Waals surface area contributed by atoms with Crippen LogP contribution < -0.4 is 4.72 Å². The second-order valence-electron chi connectivity index (χ2n) is 3.87. The minimum Gasteiger partial charge on any atom is -0.478 e. The predicted octanol–water partition coefficient (Wildman–Crippen LogP) is 0.879. The quantitative estimate of drug-likeness (QED) is 0.747. The van der Waals surface area contributed by atoms with Crippen molar-refractivity contribution in [2.45, 2.75) is 6.54 Å². The molecule has 1 heterocycles. The summed E-state index contributed by atoms with van der Waals surface area (Å²) in [5, 5.41) is 10.2. The SMILES string of the molecule is COC(=O)NS(=O)(=O)N(C)Cc1cc(/C=C/C(=O)O)cs1. The van der Waals surface area contributed by atoms with Crippen LogP contribution in [0.2, 0.25) is 0 Å². The number of thiophene rings is 1. The Morgan fingerprint density at radius 2 is 2.19 bits per heavy atom. The molecule has 0 radical (unpaired) electrons. The summed E-state index contributed by atoms with van der Waals surface area (Å²) in [5.74, 6) is -1.07. The standard InChI is InChI=1S/C11H14N2O6S2/c1-13(21(17,18)12-11(16)19-2)6-9-5-8(7-20-9)3-4-10(14)15/h3-5,7H,6H2,1-2H3,(H,12,16)(H,14,15)/b4-3+. The zero-order valence-corrected chi connectivity index (χ0v) is 12.9. The van der Waals surface area contributed by atoms with Crippen LogP contribution in [0.1, 0.15) is 10.4 Å². The number of methoxy groups -OCH3 is 1. The minimum atomic E-state index is -3.98. The van der Waals surface area contributed by atoms with Crippen molar-refractivity contribution in [1.29, 1.82) is 0 Å². The smallest absolute Gasteiger partial charge is 0.421 e. The molecule has 1 rings (SSSR count). The van der Waals surface area contributed by atoms with Crippen LogP contribution in [0.3, 0.4) is 0 Å². The van der Waals surface area contributed by atoms with E-state index in [9.17, 15) is 18.0 Å². The third kappa shape index (κ3) is 5.53. The Bertz CT molecular complexity index is 649. The second kappa shape index (κ2) is 7.20. The Morgan fingerprint density at radius 3 is 2.76 bits per heavy atom. The number of hydrogen-bond donors (Lipinski definition) is 2. The van der Waals surface area contributed by atoms with Gasteiger partial charge in [0.25, 0.3) is 0 Å². The molecule has 0 bridgehead atoms. The summed E-state index contributed by atoms with van der Waals surface area (Å²) >= 11 is 1.28. The van der Waals surface area contributed by atoms with Crippen LogP contribution >= 0.6 is 11.3 Å². The van der Waals surface area contributed by atoms with Gasteiger partial charge in [-0.15, -0.1) is 11.3 Å². The first-order valence-electron chi connectivity index (χ1n) is 5.55. The molecule has 0 spiro atoms. The Kier molecular flexibility index (Phi) is 5.88. The molecule has 0 unspecified atom stereocenters. The van der Waals surface area contributed by atoms with E-state index in [2.05, 4.69) is 4.74 Å². The Morgan fingerprint density at radius 1 is 1.52 bits per heavy atom. The number of carbonyl (C=O) groups excluding carboxylic acids is 1. The second-order valence-corrected chi connectivity index (χ2v) is 6.65. The van der Waals surface area contributed by atoms with E-state index in [4.69, 9.17) is 5.11 Å². The van der Waals surface area contributed by atoms with Gasteiger partial charge in [-0.1, -0.05) is 0 Å². The lowest BCUT2D eigenvalue weighted by molar-refractivity contribution is -0.131. The highest BCUT2D eigenvalue weighted by Crippen LogP contribution is 2.18. The van der Waals surface area contributed by atoms with Gasteiger partial charge < -0.3 is 9.84 Å². The molecule has 10 heteroatoms. The maximum absolute atomic E-state index is 11.8. The Labute approximate surface area is 125 Å². The highest BCUT2D eigenvalue weighted by Gasteiger charge is 2.21. The summed E-state index contributed by atoms with van der Waals surface area (Å²) in [7, 11) is -1.62. The lowest BCUT2D eigenvalue weighted by atomic mass is 10.3. The average Bonchev–Trinajstić information content (AvgIpc) is 2.83. The summed E-state index contributed by atoms with van der Waals surface area (Å²) < 4.78 is 30.4. The molecular formula is C11H14N2O6S2. The lowest BCUT2D eigenvalue weighted by Crippen LogP contribution is -2.40. The first-order chi connectivity index (χ1) is 9.74. The first kappa shape index (κ1) is 17.1. The number of hydrogen-bond acceptors (Lipinski definition) is 6. The fraction of sp³-hybridized carbons (Fsp3) is 0.273. The van der Waals surface area contributed by atoms with Gasteiger partial charge in [-0.25, -0.2) is 14.3 Å². The number of carboxylic acid groups (broad SMARTS) is 1. The van der Waals surface area contributed by atoms with Crippen molar-refractivity contribution in [3.05, 3.63) is 28.0 Å². The van der Waals surface area contributed by atoms with Gasteiger partial charge >= 0.3 is 22.3 Å². The van der Waals surface area contributed by atoms with Gasteiger partial charge in [-0.05, 0) is 23.1 Å². The van der Waals surface area contributed by atoms with Crippen LogP contribution in [-0.2, 0) is 26.3 Å². The molecule has 0 aromatic carbocycles. The molecule has 116 valence electrons. The summed E-state index contributed by atoms with van der Waals surface area (Å²) in [4.78, 5) is 22.0. The van der Waals surface area contributed by atoms with Gasteiger partial charge in [0.15, 0.2) is 0 Å². The Balaban J connectivity index is 2.73. The van der Waals surface area contributed by atoms with Gasteiger partial charge in [0.1, 0.15) is 0 Å². The molecule has 0 aliphatic rings. The summed E-state index contributed by atoms with van der Waals surface area (Å²) in [5.41, 5.74) is 0.657. The number of ether oxygens (including phenoxy) is 1. The van der Waals surface area contributed by atoms with Gasteiger partial charge in [0.05, 0.1) is 7.11 Å². The van der Waals surface area contributed by atoms with Crippen LogP contribution in [0.5, 0.6) is 0 Å². The Hall–Kier alpha value is -1.91. The van der Waals surface area contributed by atoms with E-state index in [1.54, 1.807) is 16.2 Å². The summed E-state index contributed by atoms with van der Waals surface area (Å²) in [6.07, 6.45) is 1.33. The molecule has 0 saturated heterocycles. The van der Waals surface area contributed by atoms with E-state index in [1.807, 2.05) is 0 Å². The number of carbonyl (C=O) groups is 2. The number of amides is 1. The van der Waals surface area contributed by atoms with Crippen LogP contribution in [0.15, 0.2) is 17.5 Å². The highest BCUT2D eigenvalue weighted by atomic mass is 32.2. The number of nitrogens with zero attached hydrogens (tertiary/aromatic N) is 1. The number of rotatable bonds is 6. The van der Waals surface area contributed by atoms with Crippen molar-refractivity contribution in [2.75, 3.05) is 14.2 Å². The van der Waals surface area contributed by atoms with E-state index in [-0.39, 0.29) is 6.54 Å². The fourth-order valence-corrected chi connectivity index (χ4v) is 3.01. The van der Waals surface area contributed by atoms with Crippen LogP contribution in [-0.4, -0.2) is 44.0 Å². The van der Waals surface area contributed by atoms with Crippen LogP contribution in [0, 0.1) is 0 Å². The molecule has 0 aliphatic carbocycles. The summed E-state index contributed by atoms with van der Waals surface area (Å²) in [6, 6.07) is 1.66. The average molecular weight is 334 g/mol. The summed E-state index contributed by atoms with van der Waals surface area (Å²) in [6.45, 7) is 0.0396. The van der Waals surface area contributed by atoms with Crippen LogP contribution in [0.4, 0.5) is 4.79 Å². The van der Waals surface area contributed by atoms with Gasteiger partial charge in [0, 0.05) is 24.5 Å². The molecule has 1 amide bonds. The van der Waals surface area contributed by atoms with E-state index >= 15 is 0 Å². The maximum atomic E-state index is 11.8. The van der Waals surface area contributed by atoms with Crippen molar-refractivity contribution in [1.82, 2.24) is 9.03 Å². The van der Waals surface area contributed by atoms with E-state index in [0.717, 1.165) is 17.5 Å². The van der Waals surface area contributed by atoms with E-state index < -0.39 is 22.3 Å². The molecule has 0 fully saturated rings. The predicted molar refractivity (Wildman–Crippen MR) is 76.9 cm³/mol. The molecular weight excluding hydrogens is 320 g/mol. The van der Waals surface area contributed by atoms with Gasteiger partial charge in [0.2, 0.25) is 0 Å². The van der Waals surface area contributed by atoms with Crippen molar-refractivity contribution in [3.8, 4) is 0 Å². The normalized spacial score (nSPS) is 11.8. The molecule has 1 aromatic rings. The zero-order chi connectivity index (χ0) is 16.0. The molecule has 0 saturated carbocycles. The lowest BCUT2D eigenvalue weighted by Gasteiger charge is -2.15. The zero-order valence-electron chi connectivity index (χ0n) is 11.3. The van der Waals surface area contributed by atoms with Gasteiger partial charge in [-0.2, -0.15) is 12.7 Å². The van der Waals surface area contributed by atoms with Crippen molar-refractivity contribution < 1.29 is 27.9 Å². The van der Waals surface area contributed by atoms with Crippen molar-refractivity contribution >= 4 is 39.7 Å². The van der Waals surface area contributed by atoms with Crippen molar-refractivity contribution in [2.24, 2.45) is 0 Å². The van der Waals surface area contributed by atoms with E-state index in [0.29, 0.717) is 10.4 Å². The number of aliphatic carboxylic acids is 1. The van der Waals surface area contributed by atoms with E-state index in [1.165, 1.54) is 24.5 Å². The molecule has 0 atom stereocenters. The molecule has 1 aromatic heterocycles. The monoisotopic (exact) mass is 334 g/mol. The van der Waals surface area contributed by atoms with Crippen LogP contribution in [0.25, 0.3) is 6.08 Å². The van der Waals surface area contributed by atoms with Crippen molar-refractivity contribution in [3.63, 3.8) is 0 Å².